The summed E-state index contributed by atoms with van der Waals surface area (Å²) in [7, 11) is 0. The molecular formula is C16H26N2O2. The molecule has 1 rings (SSSR count). The van der Waals surface area contributed by atoms with E-state index in [0.29, 0.717) is 5.75 Å². The van der Waals surface area contributed by atoms with Crippen LogP contribution in [-0.4, -0.2) is 18.6 Å². The zero-order chi connectivity index (χ0) is 15.0. The largest absolute Gasteiger partial charge is 0.484 e. The summed E-state index contributed by atoms with van der Waals surface area (Å²) in [6, 6.07) is 7.90. The van der Waals surface area contributed by atoms with Crippen LogP contribution in [0.1, 0.15) is 51.6 Å². The Morgan fingerprint density at radius 1 is 1.15 bits per heavy atom. The van der Waals surface area contributed by atoms with Crippen LogP contribution >= 0.6 is 0 Å². The Kier molecular flexibility index (Phi) is 7.09. The number of nitrogens with two attached hydrogens (primary N) is 1. The smallest absolute Gasteiger partial charge is 0.258 e. The lowest BCUT2D eigenvalue weighted by Crippen LogP contribution is -2.37. The first-order valence-electron chi connectivity index (χ1n) is 7.38. The molecule has 0 fully saturated rings. The van der Waals surface area contributed by atoms with Crippen LogP contribution in [0.15, 0.2) is 24.3 Å². The Morgan fingerprint density at radius 3 is 2.25 bits per heavy atom. The Labute approximate surface area is 121 Å². The van der Waals surface area contributed by atoms with Gasteiger partial charge in [0, 0.05) is 12.1 Å². The minimum atomic E-state index is -0.0759. The van der Waals surface area contributed by atoms with Gasteiger partial charge < -0.3 is 15.8 Å². The fraction of sp³-hybridized carbons (Fsp3) is 0.562. The molecule has 0 spiro atoms. The summed E-state index contributed by atoms with van der Waals surface area (Å²) in [6.45, 7) is 6.23. The lowest BCUT2D eigenvalue weighted by atomic mass is 10.1. The minimum Gasteiger partial charge on any atom is -0.484 e. The molecule has 0 aliphatic heterocycles. The van der Waals surface area contributed by atoms with Crippen molar-refractivity contribution in [1.29, 1.82) is 0 Å². The van der Waals surface area contributed by atoms with Crippen LogP contribution in [0, 0.1) is 0 Å². The molecule has 0 bridgehead atoms. The second kappa shape index (κ2) is 8.59. The first-order valence-corrected chi connectivity index (χ1v) is 7.38. The lowest BCUT2D eigenvalue weighted by Gasteiger charge is -2.15. The van der Waals surface area contributed by atoms with Gasteiger partial charge in [0.2, 0.25) is 0 Å². The molecule has 0 aliphatic carbocycles. The molecule has 112 valence electrons. The van der Waals surface area contributed by atoms with Crippen molar-refractivity contribution in [2.75, 3.05) is 6.61 Å². The van der Waals surface area contributed by atoms with Crippen LogP contribution < -0.4 is 15.8 Å². The highest BCUT2D eigenvalue weighted by Crippen LogP contribution is 2.18. The highest BCUT2D eigenvalue weighted by Gasteiger charge is 2.09. The highest BCUT2D eigenvalue weighted by atomic mass is 16.5. The fourth-order valence-electron chi connectivity index (χ4n) is 1.96. The summed E-state index contributed by atoms with van der Waals surface area (Å²) in [6.07, 6.45) is 2.77. The Bertz CT molecular complexity index is 399. The van der Waals surface area contributed by atoms with Gasteiger partial charge in [-0.1, -0.05) is 32.9 Å². The van der Waals surface area contributed by atoms with E-state index in [1.807, 2.05) is 24.3 Å². The predicted octanol–water partition coefficient (Wildman–Crippen LogP) is 2.78. The van der Waals surface area contributed by atoms with Crippen molar-refractivity contribution in [3.8, 4) is 5.75 Å². The highest BCUT2D eigenvalue weighted by molar-refractivity contribution is 5.77. The van der Waals surface area contributed by atoms with E-state index in [9.17, 15) is 4.79 Å². The molecule has 0 heterocycles. The topological polar surface area (TPSA) is 64.3 Å². The standard InChI is InChI=1S/C16H26N2O2/c1-4-13(5-2)18-16(19)11-20-14-9-7-12(8-10-14)15(17)6-3/h7-10,13,15H,4-6,11,17H2,1-3H3,(H,18,19). The van der Waals surface area contributed by atoms with Gasteiger partial charge in [-0.2, -0.15) is 0 Å². The lowest BCUT2D eigenvalue weighted by molar-refractivity contribution is -0.123. The molecule has 0 radical (unpaired) electrons. The van der Waals surface area contributed by atoms with E-state index < -0.39 is 0 Å². The van der Waals surface area contributed by atoms with E-state index in [1.54, 1.807) is 0 Å². The van der Waals surface area contributed by atoms with E-state index in [4.69, 9.17) is 10.5 Å². The molecule has 4 nitrogen and oxygen atoms in total. The monoisotopic (exact) mass is 278 g/mol. The average Bonchev–Trinajstić information content (AvgIpc) is 2.50. The van der Waals surface area contributed by atoms with E-state index in [1.165, 1.54) is 0 Å². The number of carbonyl (C=O) groups is 1. The van der Waals surface area contributed by atoms with Gasteiger partial charge in [-0.25, -0.2) is 0 Å². The number of nitrogens with one attached hydrogen (secondary N) is 1. The van der Waals surface area contributed by atoms with Crippen molar-refractivity contribution in [1.82, 2.24) is 5.32 Å². The Hall–Kier alpha value is -1.55. The quantitative estimate of drug-likeness (QED) is 0.768. The third-order valence-corrected chi connectivity index (χ3v) is 3.47. The molecule has 1 amide bonds. The maximum Gasteiger partial charge on any atom is 0.258 e. The van der Waals surface area contributed by atoms with Crippen molar-refractivity contribution in [3.63, 3.8) is 0 Å². The average molecular weight is 278 g/mol. The van der Waals surface area contributed by atoms with Gasteiger partial charge in [0.15, 0.2) is 6.61 Å². The molecule has 3 N–H and O–H groups in total. The number of carbonyl (C=O) groups excluding carboxylic acids is 1. The normalized spacial score (nSPS) is 12.2. The number of benzene rings is 1. The maximum absolute atomic E-state index is 11.7. The molecule has 1 atom stereocenters. The van der Waals surface area contributed by atoms with Crippen LogP contribution in [0.3, 0.4) is 0 Å². The summed E-state index contributed by atoms with van der Waals surface area (Å²) in [5.74, 6) is 0.616. The second-order valence-electron chi connectivity index (χ2n) is 4.95. The molecule has 0 aromatic heterocycles. The van der Waals surface area contributed by atoms with E-state index in [-0.39, 0.29) is 24.6 Å². The van der Waals surface area contributed by atoms with E-state index in [2.05, 4.69) is 26.1 Å². The van der Waals surface area contributed by atoms with Crippen molar-refractivity contribution < 1.29 is 9.53 Å². The summed E-state index contributed by atoms with van der Waals surface area (Å²) in [4.78, 5) is 11.7. The van der Waals surface area contributed by atoms with E-state index >= 15 is 0 Å². The second-order valence-corrected chi connectivity index (χ2v) is 4.95. The number of rotatable bonds is 8. The third-order valence-electron chi connectivity index (χ3n) is 3.47. The SMILES string of the molecule is CCC(CC)NC(=O)COc1ccc(C(N)CC)cc1. The number of ether oxygens (including phenoxy) is 1. The van der Waals surface area contributed by atoms with Crippen LogP contribution in [0.25, 0.3) is 0 Å². The zero-order valence-corrected chi connectivity index (χ0v) is 12.7. The van der Waals surface area contributed by atoms with Gasteiger partial charge in [-0.05, 0) is 37.0 Å². The molecule has 1 aromatic carbocycles. The van der Waals surface area contributed by atoms with Gasteiger partial charge >= 0.3 is 0 Å². The molecule has 20 heavy (non-hydrogen) atoms. The van der Waals surface area contributed by atoms with Crippen molar-refractivity contribution in [3.05, 3.63) is 29.8 Å². The van der Waals surface area contributed by atoms with Crippen LogP contribution in [0.2, 0.25) is 0 Å². The summed E-state index contributed by atoms with van der Waals surface area (Å²) >= 11 is 0. The molecule has 0 saturated carbocycles. The van der Waals surface area contributed by atoms with Gasteiger partial charge in [0.25, 0.3) is 5.91 Å². The zero-order valence-electron chi connectivity index (χ0n) is 12.7. The third kappa shape index (κ3) is 5.21. The first-order chi connectivity index (χ1) is 9.60. The minimum absolute atomic E-state index is 0.0513. The molecule has 0 aliphatic rings. The Morgan fingerprint density at radius 2 is 1.75 bits per heavy atom. The van der Waals surface area contributed by atoms with Crippen molar-refractivity contribution in [2.45, 2.75) is 52.1 Å². The van der Waals surface area contributed by atoms with Gasteiger partial charge in [0.1, 0.15) is 5.75 Å². The van der Waals surface area contributed by atoms with Gasteiger partial charge in [0.05, 0.1) is 0 Å². The number of amides is 1. The van der Waals surface area contributed by atoms with Crippen LogP contribution in [0.4, 0.5) is 0 Å². The number of hydrogen-bond donors (Lipinski definition) is 2. The number of hydrogen-bond acceptors (Lipinski definition) is 3. The molecular weight excluding hydrogens is 252 g/mol. The summed E-state index contributed by atoms with van der Waals surface area (Å²) in [5.41, 5.74) is 7.03. The predicted molar refractivity (Wildman–Crippen MR) is 81.7 cm³/mol. The summed E-state index contributed by atoms with van der Waals surface area (Å²) in [5, 5.41) is 2.94. The van der Waals surface area contributed by atoms with E-state index in [0.717, 1.165) is 24.8 Å². The van der Waals surface area contributed by atoms with Gasteiger partial charge in [-0.15, -0.1) is 0 Å². The van der Waals surface area contributed by atoms with Gasteiger partial charge in [-0.3, -0.25) is 4.79 Å². The first kappa shape index (κ1) is 16.5. The van der Waals surface area contributed by atoms with Crippen molar-refractivity contribution >= 4 is 5.91 Å². The Balaban J connectivity index is 2.43. The maximum atomic E-state index is 11.7. The van der Waals surface area contributed by atoms with Crippen molar-refractivity contribution in [2.24, 2.45) is 5.73 Å². The molecule has 1 unspecified atom stereocenters. The molecule has 4 heteroatoms. The molecule has 0 saturated heterocycles. The van der Waals surface area contributed by atoms with Crippen LogP contribution in [0.5, 0.6) is 5.75 Å². The van der Waals surface area contributed by atoms with Crippen LogP contribution in [-0.2, 0) is 4.79 Å². The summed E-state index contributed by atoms with van der Waals surface area (Å²) < 4.78 is 5.47. The fourth-order valence-corrected chi connectivity index (χ4v) is 1.96. The molecule has 1 aromatic rings.